The Morgan fingerprint density at radius 1 is 1.26 bits per heavy atom. The van der Waals surface area contributed by atoms with Gasteiger partial charge in [-0.15, -0.1) is 0 Å². The number of carbonyl (C=O) groups is 1. The van der Waals surface area contributed by atoms with E-state index in [1.165, 1.54) is 16.7 Å². The van der Waals surface area contributed by atoms with Crippen LogP contribution in [0.4, 0.5) is 8.78 Å². The highest BCUT2D eigenvalue weighted by Crippen LogP contribution is 2.25. The predicted octanol–water partition coefficient (Wildman–Crippen LogP) is 2.49. The summed E-state index contributed by atoms with van der Waals surface area (Å²) in [4.78, 5) is 19.3. The average Bonchev–Trinajstić information content (AvgIpc) is 2.76. The molecule has 19 heavy (non-hydrogen) atoms. The van der Waals surface area contributed by atoms with Crippen molar-refractivity contribution in [1.29, 1.82) is 0 Å². The van der Waals surface area contributed by atoms with E-state index in [0.717, 1.165) is 12.1 Å². The molecule has 2 aromatic heterocycles. The third-order valence-electron chi connectivity index (χ3n) is 2.74. The Balaban J connectivity index is 2.33. The molecule has 4 nitrogen and oxygen atoms in total. The lowest BCUT2D eigenvalue weighted by Crippen LogP contribution is -1.94. The first-order valence-corrected chi connectivity index (χ1v) is 5.44. The molecule has 6 heteroatoms. The zero-order valence-corrected chi connectivity index (χ0v) is 9.55. The molecule has 0 radical (unpaired) electrons. The number of benzene rings is 1. The van der Waals surface area contributed by atoms with Crippen LogP contribution >= 0.6 is 0 Å². The van der Waals surface area contributed by atoms with E-state index in [2.05, 4.69) is 9.97 Å². The molecule has 0 aliphatic rings. The summed E-state index contributed by atoms with van der Waals surface area (Å²) in [7, 11) is 0. The molecule has 0 saturated carbocycles. The number of nitrogens with zero attached hydrogens (tertiary/aromatic N) is 3. The van der Waals surface area contributed by atoms with Gasteiger partial charge in [0.15, 0.2) is 6.29 Å². The molecule has 0 amide bonds. The van der Waals surface area contributed by atoms with Crippen LogP contribution < -0.4 is 0 Å². The van der Waals surface area contributed by atoms with Crippen molar-refractivity contribution in [1.82, 2.24) is 14.4 Å². The van der Waals surface area contributed by atoms with Crippen molar-refractivity contribution in [2.75, 3.05) is 0 Å². The van der Waals surface area contributed by atoms with E-state index < -0.39 is 11.6 Å². The van der Waals surface area contributed by atoms with Crippen LogP contribution in [0.1, 0.15) is 10.5 Å². The maximum Gasteiger partial charge on any atom is 0.234 e. The second kappa shape index (κ2) is 4.24. The lowest BCUT2D eigenvalue weighted by atomic mass is 10.1. The van der Waals surface area contributed by atoms with Gasteiger partial charge in [0.05, 0.1) is 0 Å². The Bertz CT molecular complexity index is 783. The quantitative estimate of drug-likeness (QED) is 0.664. The number of imidazole rings is 1. The molecule has 1 aromatic carbocycles. The highest BCUT2D eigenvalue weighted by atomic mass is 19.1. The highest BCUT2D eigenvalue weighted by molar-refractivity contribution is 5.85. The van der Waals surface area contributed by atoms with Gasteiger partial charge in [-0.1, -0.05) is 0 Å². The summed E-state index contributed by atoms with van der Waals surface area (Å²) in [6, 6.07) is 4.75. The Morgan fingerprint density at radius 2 is 2.11 bits per heavy atom. The average molecular weight is 259 g/mol. The minimum atomic E-state index is -0.772. The fraction of sp³-hybridized carbons (Fsp3) is 0. The number of fused-ring (bicyclic) bond motifs is 1. The number of aldehydes is 1. The van der Waals surface area contributed by atoms with E-state index in [1.807, 2.05) is 0 Å². The van der Waals surface area contributed by atoms with E-state index >= 15 is 0 Å². The van der Waals surface area contributed by atoms with Crippen LogP contribution in [-0.4, -0.2) is 20.7 Å². The van der Waals surface area contributed by atoms with E-state index in [9.17, 15) is 13.6 Å². The number of rotatable bonds is 2. The molecule has 0 saturated heterocycles. The number of halogens is 2. The lowest BCUT2D eigenvalue weighted by molar-refractivity contribution is 0.111. The summed E-state index contributed by atoms with van der Waals surface area (Å²) in [5.41, 5.74) is 0.383. The van der Waals surface area contributed by atoms with Crippen molar-refractivity contribution < 1.29 is 13.6 Å². The summed E-state index contributed by atoms with van der Waals surface area (Å²) in [6.45, 7) is 0. The number of hydrogen-bond acceptors (Lipinski definition) is 3. The van der Waals surface area contributed by atoms with Crippen LogP contribution in [0.3, 0.4) is 0 Å². The summed E-state index contributed by atoms with van der Waals surface area (Å²) in [5.74, 6) is -1.18. The Labute approximate surface area is 106 Å². The molecule has 0 unspecified atom stereocenters. The number of aromatic nitrogens is 3. The minimum Gasteiger partial charge on any atom is -0.296 e. The minimum absolute atomic E-state index is 0.0639. The molecular formula is C13H7F2N3O. The standard InChI is InChI=1S/C13H7F2N3O/c14-8-2-3-9(10(15)6-8)12-11(7-19)18-5-1-4-16-13(18)17-12/h1-7H. The first-order valence-electron chi connectivity index (χ1n) is 5.44. The third kappa shape index (κ3) is 1.77. The fourth-order valence-electron chi connectivity index (χ4n) is 1.90. The fourth-order valence-corrected chi connectivity index (χ4v) is 1.90. The van der Waals surface area contributed by atoms with Crippen LogP contribution in [0.25, 0.3) is 17.0 Å². The van der Waals surface area contributed by atoms with E-state index in [-0.39, 0.29) is 22.7 Å². The van der Waals surface area contributed by atoms with Gasteiger partial charge >= 0.3 is 0 Å². The van der Waals surface area contributed by atoms with Gasteiger partial charge in [-0.25, -0.2) is 18.7 Å². The Kier molecular flexibility index (Phi) is 2.56. The molecule has 0 spiro atoms. The SMILES string of the molecule is O=Cc1c(-c2ccc(F)cc2F)nc2ncccn12. The lowest BCUT2D eigenvalue weighted by Gasteiger charge is -2.00. The molecular weight excluding hydrogens is 252 g/mol. The van der Waals surface area contributed by atoms with Crippen molar-refractivity contribution in [2.24, 2.45) is 0 Å². The summed E-state index contributed by atoms with van der Waals surface area (Å²) >= 11 is 0. The van der Waals surface area contributed by atoms with Crippen LogP contribution in [-0.2, 0) is 0 Å². The molecule has 3 aromatic rings. The molecule has 0 N–H and O–H groups in total. The van der Waals surface area contributed by atoms with Gasteiger partial charge < -0.3 is 0 Å². The Hall–Kier alpha value is -2.63. The van der Waals surface area contributed by atoms with Gasteiger partial charge in [0.2, 0.25) is 5.78 Å². The zero-order chi connectivity index (χ0) is 13.4. The molecule has 3 rings (SSSR count). The van der Waals surface area contributed by atoms with Crippen LogP contribution in [0.15, 0.2) is 36.7 Å². The molecule has 0 aliphatic heterocycles. The topological polar surface area (TPSA) is 47.3 Å². The normalized spacial score (nSPS) is 10.8. The van der Waals surface area contributed by atoms with Crippen LogP contribution in [0, 0.1) is 11.6 Å². The van der Waals surface area contributed by atoms with Crippen LogP contribution in [0.2, 0.25) is 0 Å². The second-order valence-electron chi connectivity index (χ2n) is 3.88. The molecule has 0 fully saturated rings. The van der Waals surface area contributed by atoms with Gasteiger partial charge in [0.25, 0.3) is 0 Å². The van der Waals surface area contributed by atoms with Crippen molar-refractivity contribution in [3.63, 3.8) is 0 Å². The summed E-state index contributed by atoms with van der Waals surface area (Å²) in [6.07, 6.45) is 3.69. The largest absolute Gasteiger partial charge is 0.296 e. The zero-order valence-electron chi connectivity index (χ0n) is 9.55. The Morgan fingerprint density at radius 3 is 2.84 bits per heavy atom. The van der Waals surface area contributed by atoms with Crippen LogP contribution in [0.5, 0.6) is 0 Å². The number of hydrogen-bond donors (Lipinski definition) is 0. The third-order valence-corrected chi connectivity index (χ3v) is 2.74. The monoisotopic (exact) mass is 259 g/mol. The van der Waals surface area contributed by atoms with E-state index in [1.54, 1.807) is 12.3 Å². The first kappa shape index (κ1) is 11.5. The maximum atomic E-state index is 13.8. The first-order chi connectivity index (χ1) is 9.20. The second-order valence-corrected chi connectivity index (χ2v) is 3.88. The van der Waals surface area contributed by atoms with Gasteiger partial charge in [-0.3, -0.25) is 9.20 Å². The molecule has 0 bridgehead atoms. The summed E-state index contributed by atoms with van der Waals surface area (Å²) < 4.78 is 28.1. The molecule has 0 aliphatic carbocycles. The van der Waals surface area contributed by atoms with Crippen molar-refractivity contribution in [2.45, 2.75) is 0 Å². The molecule has 2 heterocycles. The van der Waals surface area contributed by atoms with E-state index in [0.29, 0.717) is 6.29 Å². The van der Waals surface area contributed by atoms with E-state index in [4.69, 9.17) is 0 Å². The van der Waals surface area contributed by atoms with Gasteiger partial charge in [-0.05, 0) is 18.2 Å². The maximum absolute atomic E-state index is 13.8. The van der Waals surface area contributed by atoms with Crippen molar-refractivity contribution >= 4 is 12.1 Å². The number of carbonyl (C=O) groups excluding carboxylic acids is 1. The predicted molar refractivity (Wildman–Crippen MR) is 63.7 cm³/mol. The molecule has 0 atom stereocenters. The van der Waals surface area contributed by atoms with Gasteiger partial charge in [-0.2, -0.15) is 0 Å². The smallest absolute Gasteiger partial charge is 0.234 e. The van der Waals surface area contributed by atoms with Gasteiger partial charge in [0.1, 0.15) is 23.0 Å². The van der Waals surface area contributed by atoms with Crippen molar-refractivity contribution in [3.8, 4) is 11.3 Å². The van der Waals surface area contributed by atoms with Crippen molar-refractivity contribution in [3.05, 3.63) is 54.0 Å². The molecule has 94 valence electrons. The van der Waals surface area contributed by atoms with Gasteiger partial charge in [0, 0.05) is 24.0 Å². The highest BCUT2D eigenvalue weighted by Gasteiger charge is 2.17. The summed E-state index contributed by atoms with van der Waals surface area (Å²) in [5, 5.41) is 0.